The number of rotatable bonds is 4. The molecule has 5 heteroatoms. The van der Waals surface area contributed by atoms with Gasteiger partial charge in [-0.05, 0) is 43.5 Å². The van der Waals surface area contributed by atoms with Gasteiger partial charge >= 0.3 is 0 Å². The van der Waals surface area contributed by atoms with E-state index in [1.54, 1.807) is 0 Å². The molecule has 0 radical (unpaired) electrons. The number of halogens is 1. The second kappa shape index (κ2) is 8.21. The third kappa shape index (κ3) is 3.78. The molecule has 26 heavy (non-hydrogen) atoms. The predicted molar refractivity (Wildman–Crippen MR) is 106 cm³/mol. The molecule has 1 amide bonds. The molecule has 0 aliphatic carbocycles. The van der Waals surface area contributed by atoms with Crippen LogP contribution in [0, 0.1) is 0 Å². The van der Waals surface area contributed by atoms with E-state index in [0.29, 0.717) is 6.54 Å². The molecule has 0 bridgehead atoms. The van der Waals surface area contributed by atoms with Gasteiger partial charge in [0.15, 0.2) is 0 Å². The molecule has 1 spiro atoms. The lowest BCUT2D eigenvalue weighted by Gasteiger charge is -2.41. The standard InChI is InChI=1S/C21H25N3O.ClH/c25-20-19(15-17-7-3-1-4-8-17)23-21(11-13-22-14-12-21)24(20)16-18-9-5-2-6-10-18;/h1-10,19,22-23H,11-16H2;1H/t19-;/m0./s1. The summed E-state index contributed by atoms with van der Waals surface area (Å²) in [5, 5.41) is 7.13. The number of nitrogens with one attached hydrogen (secondary N) is 2. The third-order valence-corrected chi connectivity index (χ3v) is 5.42. The summed E-state index contributed by atoms with van der Waals surface area (Å²) in [5.41, 5.74) is 2.19. The van der Waals surface area contributed by atoms with Gasteiger partial charge in [-0.3, -0.25) is 10.1 Å². The molecule has 2 aliphatic rings. The quantitative estimate of drug-likeness (QED) is 0.868. The Kier molecular flexibility index (Phi) is 5.97. The van der Waals surface area contributed by atoms with E-state index < -0.39 is 0 Å². The maximum Gasteiger partial charge on any atom is 0.241 e. The summed E-state index contributed by atoms with van der Waals surface area (Å²) >= 11 is 0. The first-order valence-corrected chi connectivity index (χ1v) is 9.15. The van der Waals surface area contributed by atoms with Crippen LogP contribution in [0.15, 0.2) is 60.7 Å². The molecule has 2 aromatic rings. The second-order valence-electron chi connectivity index (χ2n) is 7.08. The lowest BCUT2D eigenvalue weighted by atomic mass is 9.96. The Labute approximate surface area is 161 Å². The van der Waals surface area contributed by atoms with E-state index in [0.717, 1.165) is 32.4 Å². The van der Waals surface area contributed by atoms with Gasteiger partial charge in [-0.15, -0.1) is 12.4 Å². The maximum atomic E-state index is 13.2. The van der Waals surface area contributed by atoms with Crippen LogP contribution in [0.4, 0.5) is 0 Å². The van der Waals surface area contributed by atoms with Crippen molar-refractivity contribution in [2.45, 2.75) is 37.5 Å². The van der Waals surface area contributed by atoms with Crippen molar-refractivity contribution in [1.82, 2.24) is 15.5 Å². The van der Waals surface area contributed by atoms with Crippen molar-refractivity contribution in [1.29, 1.82) is 0 Å². The highest BCUT2D eigenvalue weighted by atomic mass is 35.5. The van der Waals surface area contributed by atoms with Crippen molar-refractivity contribution in [2.24, 2.45) is 0 Å². The van der Waals surface area contributed by atoms with Crippen LogP contribution in [-0.4, -0.2) is 35.6 Å². The second-order valence-corrected chi connectivity index (χ2v) is 7.08. The Morgan fingerprint density at radius 1 is 0.923 bits per heavy atom. The smallest absolute Gasteiger partial charge is 0.241 e. The van der Waals surface area contributed by atoms with E-state index in [4.69, 9.17) is 0 Å². The lowest BCUT2D eigenvalue weighted by Crippen LogP contribution is -2.58. The highest BCUT2D eigenvalue weighted by Gasteiger charge is 2.50. The van der Waals surface area contributed by atoms with Crippen molar-refractivity contribution >= 4 is 18.3 Å². The Hall–Kier alpha value is -1.88. The minimum Gasteiger partial charge on any atom is -0.319 e. The fraction of sp³-hybridized carbons (Fsp3) is 0.381. The molecule has 2 saturated heterocycles. The van der Waals surface area contributed by atoms with Crippen LogP contribution in [0.2, 0.25) is 0 Å². The van der Waals surface area contributed by atoms with Crippen LogP contribution >= 0.6 is 12.4 Å². The summed E-state index contributed by atoms with van der Waals surface area (Å²) in [5.74, 6) is 0.231. The van der Waals surface area contributed by atoms with Gasteiger partial charge in [-0.25, -0.2) is 0 Å². The fourth-order valence-electron chi connectivity index (χ4n) is 4.10. The monoisotopic (exact) mass is 371 g/mol. The number of hydrogen-bond donors (Lipinski definition) is 2. The molecule has 138 valence electrons. The van der Waals surface area contributed by atoms with Crippen molar-refractivity contribution in [3.63, 3.8) is 0 Å². The summed E-state index contributed by atoms with van der Waals surface area (Å²) < 4.78 is 0. The van der Waals surface area contributed by atoms with Gasteiger partial charge in [0.1, 0.15) is 0 Å². The summed E-state index contributed by atoms with van der Waals surface area (Å²) in [4.78, 5) is 15.3. The van der Waals surface area contributed by atoms with Gasteiger partial charge < -0.3 is 10.2 Å². The van der Waals surface area contributed by atoms with Crippen molar-refractivity contribution in [3.8, 4) is 0 Å². The van der Waals surface area contributed by atoms with Crippen LogP contribution in [0.1, 0.15) is 24.0 Å². The van der Waals surface area contributed by atoms with E-state index >= 15 is 0 Å². The first-order chi connectivity index (χ1) is 12.3. The molecule has 0 aromatic heterocycles. The van der Waals surface area contributed by atoms with Crippen molar-refractivity contribution in [3.05, 3.63) is 71.8 Å². The zero-order valence-corrected chi connectivity index (χ0v) is 15.7. The lowest BCUT2D eigenvalue weighted by molar-refractivity contribution is -0.133. The largest absolute Gasteiger partial charge is 0.319 e. The van der Waals surface area contributed by atoms with E-state index in [2.05, 4.69) is 39.8 Å². The van der Waals surface area contributed by atoms with Crippen LogP contribution in [0.25, 0.3) is 0 Å². The molecule has 2 fully saturated rings. The molecule has 2 heterocycles. The van der Waals surface area contributed by atoms with E-state index in [9.17, 15) is 4.79 Å². The van der Waals surface area contributed by atoms with Gasteiger partial charge in [0, 0.05) is 6.54 Å². The average molecular weight is 372 g/mol. The number of carbonyl (C=O) groups is 1. The van der Waals surface area contributed by atoms with E-state index in [1.807, 2.05) is 36.4 Å². The SMILES string of the molecule is Cl.O=C1[C@H](Cc2ccccc2)NC2(CCNCC2)N1Cc1ccccc1. The molecule has 2 aliphatic heterocycles. The first-order valence-electron chi connectivity index (χ1n) is 9.15. The molecular formula is C21H26ClN3O. The summed E-state index contributed by atoms with van der Waals surface area (Å²) in [6.07, 6.45) is 2.66. The van der Waals surface area contributed by atoms with Gasteiger partial charge in [-0.1, -0.05) is 60.7 Å². The average Bonchev–Trinajstić information content (AvgIpc) is 2.89. The minimum atomic E-state index is -0.211. The minimum absolute atomic E-state index is 0. The molecular weight excluding hydrogens is 346 g/mol. The zero-order valence-electron chi connectivity index (χ0n) is 14.9. The van der Waals surface area contributed by atoms with E-state index in [-0.39, 0.29) is 30.0 Å². The number of nitrogens with zero attached hydrogens (tertiary/aromatic N) is 1. The van der Waals surface area contributed by atoms with Gasteiger partial charge in [0.05, 0.1) is 11.7 Å². The zero-order chi connectivity index (χ0) is 17.1. The highest BCUT2D eigenvalue weighted by molar-refractivity contribution is 5.86. The van der Waals surface area contributed by atoms with Gasteiger partial charge in [0.2, 0.25) is 5.91 Å². The molecule has 0 unspecified atom stereocenters. The number of benzene rings is 2. The number of hydrogen-bond acceptors (Lipinski definition) is 3. The third-order valence-electron chi connectivity index (χ3n) is 5.42. The van der Waals surface area contributed by atoms with E-state index in [1.165, 1.54) is 11.1 Å². The first kappa shape index (κ1) is 18.9. The summed E-state index contributed by atoms with van der Waals surface area (Å²) in [6.45, 7) is 2.57. The number of carbonyl (C=O) groups excluding carboxylic acids is 1. The van der Waals surface area contributed by atoms with Crippen molar-refractivity contribution in [2.75, 3.05) is 13.1 Å². The van der Waals surface area contributed by atoms with Crippen LogP contribution in [0.5, 0.6) is 0 Å². The molecule has 4 rings (SSSR count). The highest BCUT2D eigenvalue weighted by Crippen LogP contribution is 2.32. The normalized spacial score (nSPS) is 21.6. The van der Waals surface area contributed by atoms with Crippen LogP contribution in [-0.2, 0) is 17.8 Å². The van der Waals surface area contributed by atoms with Gasteiger partial charge in [0.25, 0.3) is 0 Å². The predicted octanol–water partition coefficient (Wildman–Crippen LogP) is 2.73. The van der Waals surface area contributed by atoms with Crippen molar-refractivity contribution < 1.29 is 4.79 Å². The molecule has 2 aromatic carbocycles. The number of piperidine rings is 1. The number of amides is 1. The fourth-order valence-corrected chi connectivity index (χ4v) is 4.10. The molecule has 0 saturated carbocycles. The maximum absolute atomic E-state index is 13.2. The summed E-state index contributed by atoms with van der Waals surface area (Å²) in [7, 11) is 0. The Balaban J connectivity index is 0.00000196. The van der Waals surface area contributed by atoms with Crippen LogP contribution in [0.3, 0.4) is 0 Å². The Bertz CT molecular complexity index is 717. The van der Waals surface area contributed by atoms with Gasteiger partial charge in [-0.2, -0.15) is 0 Å². The Morgan fingerprint density at radius 3 is 2.12 bits per heavy atom. The van der Waals surface area contributed by atoms with Crippen LogP contribution < -0.4 is 10.6 Å². The Morgan fingerprint density at radius 2 is 1.50 bits per heavy atom. The topological polar surface area (TPSA) is 44.4 Å². The molecule has 4 nitrogen and oxygen atoms in total. The molecule has 2 N–H and O–H groups in total. The molecule has 1 atom stereocenters. The summed E-state index contributed by atoms with van der Waals surface area (Å²) in [6, 6.07) is 20.5.